The molecule has 0 amide bonds. The van der Waals surface area contributed by atoms with Gasteiger partial charge in [-0.3, -0.25) is 0 Å². The van der Waals surface area contributed by atoms with Crippen LogP contribution >= 0.6 is 11.6 Å². The molecule has 0 bridgehead atoms. The molecule has 2 heteroatoms. The van der Waals surface area contributed by atoms with E-state index in [1.54, 1.807) is 0 Å². The monoisotopic (exact) mass is 106 g/mol. The van der Waals surface area contributed by atoms with Gasteiger partial charge in [0.25, 0.3) is 0 Å². The van der Waals surface area contributed by atoms with Crippen molar-refractivity contribution in [3.63, 3.8) is 0 Å². The first-order chi connectivity index (χ1) is 2.77. The van der Waals surface area contributed by atoms with Gasteiger partial charge in [-0.2, -0.15) is 0 Å². The average molecular weight is 107 g/mol. The van der Waals surface area contributed by atoms with Crippen LogP contribution in [0.3, 0.4) is 0 Å². The summed E-state index contributed by atoms with van der Waals surface area (Å²) in [5.41, 5.74) is 1.51. The predicted molar refractivity (Wildman–Crippen MR) is 27.8 cm³/mol. The lowest BCUT2D eigenvalue weighted by Crippen LogP contribution is -3.00. The van der Waals surface area contributed by atoms with E-state index in [2.05, 4.69) is 0 Å². The molecular weight excluding hydrogens is 97.5 g/mol. The number of hydrogen-bond acceptors (Lipinski definition) is 0. The fourth-order valence-corrected chi connectivity index (χ4v) is 0.378. The van der Waals surface area contributed by atoms with Crippen LogP contribution in [0, 0.1) is 0 Å². The van der Waals surface area contributed by atoms with Crippen molar-refractivity contribution in [2.45, 2.75) is 0 Å². The van der Waals surface area contributed by atoms with Crippen LogP contribution in [0.25, 0.3) is 0 Å². The van der Waals surface area contributed by atoms with E-state index in [9.17, 15) is 0 Å². The van der Waals surface area contributed by atoms with Gasteiger partial charge in [0, 0.05) is 0 Å². The summed E-state index contributed by atoms with van der Waals surface area (Å²) in [6, 6.07) is 0. The second-order valence-electron chi connectivity index (χ2n) is 1.37. The highest BCUT2D eigenvalue weighted by molar-refractivity contribution is 6.25. The van der Waals surface area contributed by atoms with E-state index in [1.165, 1.54) is 10.4 Å². The Hall–Kier alpha value is -0.0100. The Bertz CT molecular complexity index is 49.5. The third-order valence-corrected chi connectivity index (χ3v) is 0.522. The highest BCUT2D eigenvalue weighted by atomic mass is 35.5. The maximum absolute atomic E-state index is 5.20. The minimum atomic E-state index is 1.23. The molecule has 0 aliphatic rings. The fourth-order valence-electron chi connectivity index (χ4n) is 0.126. The normalized spacial score (nSPS) is 11.3. The first-order valence-electron chi connectivity index (χ1n) is 1.84. The Labute approximate surface area is 43.2 Å². The van der Waals surface area contributed by atoms with E-state index in [0.29, 0.717) is 0 Å². The lowest BCUT2D eigenvalue weighted by Gasteiger charge is -1.92. The van der Waals surface area contributed by atoms with Crippen molar-refractivity contribution in [1.82, 2.24) is 0 Å². The molecule has 0 atom stereocenters. The highest BCUT2D eigenvalue weighted by Gasteiger charge is 1.74. The SMILES string of the molecule is C[NH+](C)/C=C/Cl. The highest BCUT2D eigenvalue weighted by Crippen LogP contribution is 1.65. The summed E-state index contributed by atoms with van der Waals surface area (Å²) in [4.78, 5) is 1.23. The van der Waals surface area contributed by atoms with Gasteiger partial charge in [0.05, 0.1) is 19.6 Å². The van der Waals surface area contributed by atoms with Crippen LogP contribution in [0.2, 0.25) is 0 Å². The minimum Gasteiger partial charge on any atom is -0.313 e. The molecule has 36 valence electrons. The molecule has 0 unspecified atom stereocenters. The molecule has 0 saturated heterocycles. The molecule has 0 fully saturated rings. The lowest BCUT2D eigenvalue weighted by atomic mass is 10.9. The molecule has 0 aromatic rings. The molecule has 0 radical (unpaired) electrons. The molecule has 0 aromatic carbocycles. The summed E-state index contributed by atoms with van der Waals surface area (Å²) in [7, 11) is 4.00. The van der Waals surface area contributed by atoms with Crippen molar-refractivity contribution in [1.29, 1.82) is 0 Å². The van der Waals surface area contributed by atoms with E-state index in [-0.39, 0.29) is 0 Å². The van der Waals surface area contributed by atoms with Crippen LogP contribution in [0.4, 0.5) is 0 Å². The van der Waals surface area contributed by atoms with Gasteiger partial charge < -0.3 is 4.90 Å². The van der Waals surface area contributed by atoms with E-state index in [0.717, 1.165) is 0 Å². The molecule has 0 aromatic heterocycles. The number of rotatable bonds is 1. The van der Waals surface area contributed by atoms with Crippen molar-refractivity contribution < 1.29 is 4.90 Å². The largest absolute Gasteiger partial charge is 0.313 e. The second kappa shape index (κ2) is 3.19. The van der Waals surface area contributed by atoms with Crippen LogP contribution in [0.1, 0.15) is 0 Å². The van der Waals surface area contributed by atoms with Crippen molar-refractivity contribution in [3.8, 4) is 0 Å². The van der Waals surface area contributed by atoms with Crippen molar-refractivity contribution in [2.75, 3.05) is 14.1 Å². The standard InChI is InChI=1S/C4H8ClN/c1-6(2)4-3-5/h3-4H,1-2H3/p+1/b4-3+. The first-order valence-corrected chi connectivity index (χ1v) is 2.28. The van der Waals surface area contributed by atoms with Gasteiger partial charge in [-0.15, -0.1) is 0 Å². The summed E-state index contributed by atoms with van der Waals surface area (Å²) in [5, 5.41) is 0. The summed E-state index contributed by atoms with van der Waals surface area (Å²) in [5.74, 6) is 0. The van der Waals surface area contributed by atoms with Gasteiger partial charge in [-0.25, -0.2) is 0 Å². The van der Waals surface area contributed by atoms with Crippen LogP contribution in [0.5, 0.6) is 0 Å². The Morgan fingerprint density at radius 1 is 1.50 bits per heavy atom. The number of hydrogen-bond donors (Lipinski definition) is 1. The molecule has 1 N–H and O–H groups in total. The Morgan fingerprint density at radius 3 is 2.00 bits per heavy atom. The minimum absolute atomic E-state index is 1.23. The van der Waals surface area contributed by atoms with Gasteiger partial charge in [-0.05, 0) is 0 Å². The zero-order valence-corrected chi connectivity index (χ0v) is 4.79. The maximum atomic E-state index is 5.20. The van der Waals surface area contributed by atoms with Crippen molar-refractivity contribution >= 4 is 11.6 Å². The number of nitrogens with one attached hydrogen (secondary N) is 1. The lowest BCUT2D eigenvalue weighted by molar-refractivity contribution is -0.801. The number of quaternary nitrogens is 1. The second-order valence-corrected chi connectivity index (χ2v) is 1.62. The first kappa shape index (κ1) is 5.99. The molecule has 0 spiro atoms. The van der Waals surface area contributed by atoms with Crippen LogP contribution in [-0.4, -0.2) is 14.1 Å². The Morgan fingerprint density at radius 2 is 2.00 bits per heavy atom. The zero-order valence-electron chi connectivity index (χ0n) is 4.03. The average Bonchev–Trinajstić information content (AvgIpc) is 1.35. The van der Waals surface area contributed by atoms with E-state index >= 15 is 0 Å². The smallest absolute Gasteiger partial charge is 0.105 e. The molecule has 0 aliphatic heterocycles. The predicted octanol–water partition coefficient (Wildman–Crippen LogP) is -0.159. The van der Waals surface area contributed by atoms with Crippen LogP contribution in [0.15, 0.2) is 11.7 Å². The van der Waals surface area contributed by atoms with Gasteiger partial charge in [0.15, 0.2) is 0 Å². The quantitative estimate of drug-likeness (QED) is 0.474. The number of halogens is 1. The van der Waals surface area contributed by atoms with Gasteiger partial charge >= 0.3 is 0 Å². The molecule has 0 rings (SSSR count). The summed E-state index contributed by atoms with van der Waals surface area (Å²) in [6.07, 6.45) is 1.85. The van der Waals surface area contributed by atoms with Crippen molar-refractivity contribution in [2.24, 2.45) is 0 Å². The van der Waals surface area contributed by atoms with Crippen LogP contribution < -0.4 is 4.90 Å². The molecular formula is C4H9ClN+. The molecule has 0 heterocycles. The van der Waals surface area contributed by atoms with Gasteiger partial charge in [-0.1, -0.05) is 11.6 Å². The fraction of sp³-hybridized carbons (Fsp3) is 0.500. The van der Waals surface area contributed by atoms with Crippen molar-refractivity contribution in [3.05, 3.63) is 11.7 Å². The maximum Gasteiger partial charge on any atom is 0.105 e. The van der Waals surface area contributed by atoms with Gasteiger partial charge in [0.2, 0.25) is 0 Å². The molecule has 0 saturated carbocycles. The summed E-state index contributed by atoms with van der Waals surface area (Å²) >= 11 is 5.20. The van der Waals surface area contributed by atoms with E-state index < -0.39 is 0 Å². The Balaban J connectivity index is 3.03. The summed E-state index contributed by atoms with van der Waals surface area (Å²) in [6.45, 7) is 0. The van der Waals surface area contributed by atoms with E-state index in [4.69, 9.17) is 11.6 Å². The Kier molecular flexibility index (Phi) is 3.19. The van der Waals surface area contributed by atoms with E-state index in [1.807, 2.05) is 20.3 Å². The topological polar surface area (TPSA) is 4.44 Å². The zero-order chi connectivity index (χ0) is 4.99. The summed E-state index contributed by atoms with van der Waals surface area (Å²) < 4.78 is 0. The third-order valence-electron chi connectivity index (χ3n) is 0.396. The van der Waals surface area contributed by atoms with Crippen LogP contribution in [-0.2, 0) is 0 Å². The third kappa shape index (κ3) is 3.99. The molecule has 1 nitrogen and oxygen atoms in total. The molecule has 6 heavy (non-hydrogen) atoms. The molecule has 0 aliphatic carbocycles. The van der Waals surface area contributed by atoms with Gasteiger partial charge in [0.1, 0.15) is 6.20 Å².